The van der Waals surface area contributed by atoms with E-state index in [0.29, 0.717) is 5.69 Å². The number of anilines is 1. The number of nitrogens with one attached hydrogen (secondary N) is 1. The first-order valence-electron chi connectivity index (χ1n) is 8.71. The molecule has 26 heavy (non-hydrogen) atoms. The van der Waals surface area contributed by atoms with Gasteiger partial charge in [-0.2, -0.15) is 5.10 Å². The summed E-state index contributed by atoms with van der Waals surface area (Å²) in [5, 5.41) is 7.34. The Morgan fingerprint density at radius 3 is 2.65 bits per heavy atom. The maximum Gasteiger partial charge on any atom is 0.272 e. The summed E-state index contributed by atoms with van der Waals surface area (Å²) in [5.41, 5.74) is 3.09. The molecular formula is C17H22N8O. The molecule has 0 saturated carbocycles. The number of hydrogen-bond acceptors (Lipinski definition) is 6. The van der Waals surface area contributed by atoms with Crippen LogP contribution in [0.2, 0.25) is 0 Å². The summed E-state index contributed by atoms with van der Waals surface area (Å²) < 4.78 is 3.60. The van der Waals surface area contributed by atoms with Crippen molar-refractivity contribution in [3.05, 3.63) is 30.1 Å². The van der Waals surface area contributed by atoms with E-state index < -0.39 is 0 Å². The minimum Gasteiger partial charge on any atom is -0.355 e. The van der Waals surface area contributed by atoms with Gasteiger partial charge in [-0.15, -0.1) is 0 Å². The molecule has 0 unspecified atom stereocenters. The molecule has 3 aromatic heterocycles. The average Bonchev–Trinajstić information content (AvgIpc) is 3.19. The highest BCUT2D eigenvalue weighted by Gasteiger charge is 2.24. The first-order valence-corrected chi connectivity index (χ1v) is 8.71. The monoisotopic (exact) mass is 354 g/mol. The number of hydrogen-bond donors (Lipinski definition) is 1. The number of nitrogens with zero attached hydrogens (tertiary/aromatic N) is 7. The van der Waals surface area contributed by atoms with Crippen LogP contribution in [-0.4, -0.2) is 54.3 Å². The first kappa shape index (κ1) is 16.5. The third-order valence-corrected chi connectivity index (χ3v) is 4.95. The predicted molar refractivity (Wildman–Crippen MR) is 97.0 cm³/mol. The van der Waals surface area contributed by atoms with Gasteiger partial charge in [-0.25, -0.2) is 15.0 Å². The van der Waals surface area contributed by atoms with Crippen molar-refractivity contribution < 1.29 is 4.79 Å². The Kier molecular flexibility index (Phi) is 4.06. The number of rotatable bonds is 3. The normalized spacial score (nSPS) is 15.6. The summed E-state index contributed by atoms with van der Waals surface area (Å²) in [6.45, 7) is 3.56. The Morgan fingerprint density at radius 2 is 1.96 bits per heavy atom. The molecule has 1 aliphatic heterocycles. The lowest BCUT2D eigenvalue weighted by Crippen LogP contribution is -2.45. The minimum absolute atomic E-state index is 0.110. The van der Waals surface area contributed by atoms with Crippen LogP contribution in [-0.2, 0) is 14.1 Å². The highest BCUT2D eigenvalue weighted by Crippen LogP contribution is 2.24. The van der Waals surface area contributed by atoms with Crippen LogP contribution >= 0.6 is 0 Å². The number of fused-ring (bicyclic) bond motifs is 1. The standard InChI is InChI=1S/C17H22N8O/c1-11-8-13(22-24(11)3)17(26)21-12-4-6-25(7-5-12)16-14-15(18-9-19-16)23(2)10-20-14/h8-10,12H,4-7H2,1-3H3,(H,21,26). The largest absolute Gasteiger partial charge is 0.355 e. The quantitative estimate of drug-likeness (QED) is 0.748. The lowest BCUT2D eigenvalue weighted by atomic mass is 10.0. The lowest BCUT2D eigenvalue weighted by Gasteiger charge is -2.33. The van der Waals surface area contributed by atoms with Crippen LogP contribution in [0.1, 0.15) is 29.0 Å². The van der Waals surface area contributed by atoms with E-state index in [1.807, 2.05) is 31.7 Å². The van der Waals surface area contributed by atoms with E-state index in [1.54, 1.807) is 17.3 Å². The van der Waals surface area contributed by atoms with E-state index in [9.17, 15) is 4.79 Å². The van der Waals surface area contributed by atoms with Crippen molar-refractivity contribution in [1.29, 1.82) is 0 Å². The predicted octanol–water partition coefficient (Wildman–Crippen LogP) is 0.804. The van der Waals surface area contributed by atoms with E-state index in [2.05, 4.69) is 30.3 Å². The highest BCUT2D eigenvalue weighted by molar-refractivity contribution is 5.92. The lowest BCUT2D eigenvalue weighted by molar-refractivity contribution is 0.0925. The molecule has 0 atom stereocenters. The summed E-state index contributed by atoms with van der Waals surface area (Å²) >= 11 is 0. The molecule has 1 saturated heterocycles. The zero-order chi connectivity index (χ0) is 18.3. The van der Waals surface area contributed by atoms with Crippen LogP contribution in [0.5, 0.6) is 0 Å². The molecule has 9 nitrogen and oxygen atoms in total. The number of aromatic nitrogens is 6. The van der Waals surface area contributed by atoms with Crippen molar-refractivity contribution in [3.63, 3.8) is 0 Å². The first-order chi connectivity index (χ1) is 12.5. The summed E-state index contributed by atoms with van der Waals surface area (Å²) in [7, 11) is 3.76. The molecule has 4 heterocycles. The molecule has 4 rings (SSSR count). The Hall–Kier alpha value is -2.97. The maximum absolute atomic E-state index is 12.4. The van der Waals surface area contributed by atoms with Gasteiger partial charge in [0, 0.05) is 38.9 Å². The van der Waals surface area contributed by atoms with E-state index >= 15 is 0 Å². The highest BCUT2D eigenvalue weighted by atomic mass is 16.2. The van der Waals surface area contributed by atoms with Gasteiger partial charge < -0.3 is 14.8 Å². The summed E-state index contributed by atoms with van der Waals surface area (Å²) in [4.78, 5) is 27.7. The SMILES string of the molecule is Cc1cc(C(=O)NC2CCN(c3ncnc4c3ncn4C)CC2)nn1C. The third kappa shape index (κ3) is 2.89. The summed E-state index contributed by atoms with van der Waals surface area (Å²) in [5.74, 6) is 0.752. The smallest absolute Gasteiger partial charge is 0.272 e. The van der Waals surface area contributed by atoms with Gasteiger partial charge in [-0.3, -0.25) is 9.48 Å². The fourth-order valence-electron chi connectivity index (χ4n) is 3.33. The summed E-state index contributed by atoms with van der Waals surface area (Å²) in [6, 6.07) is 1.95. The number of amides is 1. The van der Waals surface area contributed by atoms with Crippen LogP contribution in [0.15, 0.2) is 18.7 Å². The fraction of sp³-hybridized carbons (Fsp3) is 0.471. The van der Waals surface area contributed by atoms with E-state index in [0.717, 1.165) is 48.6 Å². The molecule has 0 radical (unpaired) electrons. The van der Waals surface area contributed by atoms with Crippen LogP contribution in [0.3, 0.4) is 0 Å². The van der Waals surface area contributed by atoms with Crippen molar-refractivity contribution in [3.8, 4) is 0 Å². The van der Waals surface area contributed by atoms with Crippen molar-refractivity contribution in [2.45, 2.75) is 25.8 Å². The molecule has 1 amide bonds. The Labute approximate surface area is 151 Å². The average molecular weight is 354 g/mol. The zero-order valence-electron chi connectivity index (χ0n) is 15.2. The van der Waals surface area contributed by atoms with Crippen LogP contribution in [0, 0.1) is 6.92 Å². The second kappa shape index (κ2) is 6.40. The number of carbonyl (C=O) groups is 1. The number of imidazole rings is 1. The van der Waals surface area contributed by atoms with Crippen molar-refractivity contribution in [2.24, 2.45) is 14.1 Å². The molecule has 0 bridgehead atoms. The van der Waals surface area contributed by atoms with Gasteiger partial charge in [0.2, 0.25) is 0 Å². The molecule has 0 spiro atoms. The van der Waals surface area contributed by atoms with Crippen LogP contribution < -0.4 is 10.2 Å². The number of piperidine rings is 1. The van der Waals surface area contributed by atoms with Crippen molar-refractivity contribution in [2.75, 3.05) is 18.0 Å². The van der Waals surface area contributed by atoms with Gasteiger partial charge in [0.05, 0.1) is 6.33 Å². The molecule has 1 fully saturated rings. The minimum atomic E-state index is -0.110. The van der Waals surface area contributed by atoms with E-state index in [1.165, 1.54) is 0 Å². The molecule has 136 valence electrons. The van der Waals surface area contributed by atoms with Crippen molar-refractivity contribution >= 4 is 22.9 Å². The second-order valence-electron chi connectivity index (χ2n) is 6.75. The Morgan fingerprint density at radius 1 is 1.19 bits per heavy atom. The Balaban J connectivity index is 1.41. The molecule has 0 aliphatic carbocycles. The summed E-state index contributed by atoms with van der Waals surface area (Å²) in [6.07, 6.45) is 5.05. The molecular weight excluding hydrogens is 332 g/mol. The van der Waals surface area contributed by atoms with Gasteiger partial charge >= 0.3 is 0 Å². The second-order valence-corrected chi connectivity index (χ2v) is 6.75. The zero-order valence-corrected chi connectivity index (χ0v) is 15.2. The van der Waals surface area contributed by atoms with Gasteiger partial charge in [0.25, 0.3) is 5.91 Å². The Bertz CT molecular complexity index is 931. The molecule has 3 aromatic rings. The molecule has 9 heteroatoms. The van der Waals surface area contributed by atoms with Gasteiger partial charge in [-0.1, -0.05) is 0 Å². The van der Waals surface area contributed by atoms with Crippen LogP contribution in [0.4, 0.5) is 5.82 Å². The number of aryl methyl sites for hydroxylation is 3. The topological polar surface area (TPSA) is 93.8 Å². The molecule has 0 aromatic carbocycles. The molecule has 1 N–H and O–H groups in total. The van der Waals surface area contributed by atoms with Gasteiger partial charge in [-0.05, 0) is 25.8 Å². The van der Waals surface area contributed by atoms with Gasteiger partial charge in [0.1, 0.15) is 12.0 Å². The van der Waals surface area contributed by atoms with E-state index in [4.69, 9.17) is 0 Å². The fourth-order valence-corrected chi connectivity index (χ4v) is 3.33. The van der Waals surface area contributed by atoms with Crippen molar-refractivity contribution in [1.82, 2.24) is 34.6 Å². The third-order valence-electron chi connectivity index (χ3n) is 4.95. The van der Waals surface area contributed by atoms with Crippen LogP contribution in [0.25, 0.3) is 11.2 Å². The maximum atomic E-state index is 12.4. The molecule has 1 aliphatic rings. The van der Waals surface area contributed by atoms with E-state index in [-0.39, 0.29) is 11.9 Å². The number of carbonyl (C=O) groups excluding carboxylic acids is 1. The van der Waals surface area contributed by atoms with Gasteiger partial charge in [0.15, 0.2) is 17.0 Å².